The second-order valence-electron chi connectivity index (χ2n) is 3.15. The van der Waals surface area contributed by atoms with Crippen LogP contribution in [-0.2, 0) is 6.42 Å². The van der Waals surface area contributed by atoms with Gasteiger partial charge in [-0.25, -0.2) is 4.79 Å². The zero-order chi connectivity index (χ0) is 11.1. The van der Waals surface area contributed by atoms with Gasteiger partial charge in [-0.2, -0.15) is 0 Å². The Kier molecular flexibility index (Phi) is 4.47. The topological polar surface area (TPSA) is 58.6 Å². The fourth-order valence-corrected chi connectivity index (χ4v) is 1.38. The highest BCUT2D eigenvalue weighted by atomic mass is 16.5. The van der Waals surface area contributed by atoms with E-state index < -0.39 is 6.09 Å². The van der Waals surface area contributed by atoms with E-state index in [4.69, 9.17) is 9.84 Å². The van der Waals surface area contributed by atoms with Crippen molar-refractivity contribution in [1.29, 1.82) is 0 Å². The molecule has 1 rings (SSSR count). The summed E-state index contributed by atoms with van der Waals surface area (Å²) in [5.41, 5.74) is 1.10. The first-order valence-electron chi connectivity index (χ1n) is 4.82. The minimum Gasteiger partial charge on any atom is -0.496 e. The molecule has 4 heteroatoms. The summed E-state index contributed by atoms with van der Waals surface area (Å²) >= 11 is 0. The summed E-state index contributed by atoms with van der Waals surface area (Å²) in [6.45, 7) is 0.466. The fraction of sp³-hybridized carbons (Fsp3) is 0.364. The predicted octanol–water partition coefficient (Wildman–Crippen LogP) is 1.90. The van der Waals surface area contributed by atoms with Crippen molar-refractivity contribution in [3.8, 4) is 5.75 Å². The van der Waals surface area contributed by atoms with Crippen LogP contribution in [0.1, 0.15) is 12.0 Å². The monoisotopic (exact) mass is 209 g/mol. The number of para-hydroxylation sites is 1. The quantitative estimate of drug-likeness (QED) is 0.728. The molecule has 15 heavy (non-hydrogen) atoms. The van der Waals surface area contributed by atoms with Gasteiger partial charge < -0.3 is 15.2 Å². The molecule has 0 unspecified atom stereocenters. The molecule has 1 aromatic rings. The molecule has 0 aliphatic heterocycles. The van der Waals surface area contributed by atoms with Crippen LogP contribution in [0.25, 0.3) is 0 Å². The van der Waals surface area contributed by atoms with Gasteiger partial charge in [0.05, 0.1) is 7.11 Å². The first kappa shape index (κ1) is 11.4. The van der Waals surface area contributed by atoms with Crippen LogP contribution in [0.3, 0.4) is 0 Å². The summed E-state index contributed by atoms with van der Waals surface area (Å²) in [6, 6.07) is 7.75. The van der Waals surface area contributed by atoms with Crippen molar-refractivity contribution in [1.82, 2.24) is 5.32 Å². The van der Waals surface area contributed by atoms with Crippen LogP contribution in [0.4, 0.5) is 4.79 Å². The lowest BCUT2D eigenvalue weighted by Crippen LogP contribution is -2.22. The van der Waals surface area contributed by atoms with Crippen molar-refractivity contribution in [3.63, 3.8) is 0 Å². The Morgan fingerprint density at radius 1 is 1.47 bits per heavy atom. The molecule has 0 fully saturated rings. The van der Waals surface area contributed by atoms with Crippen LogP contribution < -0.4 is 10.1 Å². The molecule has 0 aromatic heterocycles. The maximum atomic E-state index is 10.2. The third kappa shape index (κ3) is 3.89. The van der Waals surface area contributed by atoms with Gasteiger partial charge in [0.25, 0.3) is 0 Å². The molecule has 4 nitrogen and oxygen atoms in total. The van der Waals surface area contributed by atoms with E-state index in [9.17, 15) is 4.79 Å². The molecular weight excluding hydrogens is 194 g/mol. The average Bonchev–Trinajstić information content (AvgIpc) is 2.24. The lowest BCUT2D eigenvalue weighted by atomic mass is 10.1. The predicted molar refractivity (Wildman–Crippen MR) is 57.3 cm³/mol. The molecule has 1 amide bonds. The summed E-state index contributed by atoms with van der Waals surface area (Å²) in [6.07, 6.45) is 0.603. The molecule has 1 aromatic carbocycles. The molecule has 0 aliphatic rings. The van der Waals surface area contributed by atoms with Gasteiger partial charge in [0.2, 0.25) is 0 Å². The highest BCUT2D eigenvalue weighted by Crippen LogP contribution is 2.18. The molecule has 82 valence electrons. The van der Waals surface area contributed by atoms with E-state index in [2.05, 4.69) is 5.32 Å². The van der Waals surface area contributed by atoms with Gasteiger partial charge in [-0.1, -0.05) is 18.2 Å². The van der Waals surface area contributed by atoms with E-state index >= 15 is 0 Å². The van der Waals surface area contributed by atoms with E-state index in [1.54, 1.807) is 7.11 Å². The van der Waals surface area contributed by atoms with Crippen LogP contribution in [0.15, 0.2) is 24.3 Å². The molecule has 0 bridgehead atoms. The Balaban J connectivity index is 2.39. The van der Waals surface area contributed by atoms with Gasteiger partial charge in [0.1, 0.15) is 5.75 Å². The average molecular weight is 209 g/mol. The van der Waals surface area contributed by atoms with Gasteiger partial charge in [0, 0.05) is 6.54 Å². The van der Waals surface area contributed by atoms with E-state index in [0.29, 0.717) is 6.54 Å². The standard InChI is InChI=1S/C11H15NO3/c1-15-10-7-3-2-5-9(10)6-4-8-12-11(13)14/h2-3,5,7,12H,4,6,8H2,1H3,(H,13,14). The van der Waals surface area contributed by atoms with Gasteiger partial charge in [-0.3, -0.25) is 0 Å². The van der Waals surface area contributed by atoms with Crippen LogP contribution in [0.2, 0.25) is 0 Å². The Morgan fingerprint density at radius 3 is 2.87 bits per heavy atom. The second kappa shape index (κ2) is 5.90. The SMILES string of the molecule is COc1ccccc1CCCNC(=O)O. The van der Waals surface area contributed by atoms with E-state index in [1.165, 1.54) is 0 Å². The number of amides is 1. The number of ether oxygens (including phenoxy) is 1. The largest absolute Gasteiger partial charge is 0.496 e. The molecule has 0 spiro atoms. The summed E-state index contributed by atoms with van der Waals surface area (Å²) in [7, 11) is 1.63. The van der Waals surface area contributed by atoms with Crippen LogP contribution in [-0.4, -0.2) is 24.9 Å². The van der Waals surface area contributed by atoms with E-state index in [0.717, 1.165) is 24.2 Å². The fourth-order valence-electron chi connectivity index (χ4n) is 1.38. The van der Waals surface area contributed by atoms with E-state index in [-0.39, 0.29) is 0 Å². The Morgan fingerprint density at radius 2 is 2.20 bits per heavy atom. The highest BCUT2D eigenvalue weighted by Gasteiger charge is 2.01. The van der Waals surface area contributed by atoms with Gasteiger partial charge in [-0.15, -0.1) is 0 Å². The normalized spacial score (nSPS) is 9.67. The van der Waals surface area contributed by atoms with Gasteiger partial charge >= 0.3 is 6.09 Å². The lowest BCUT2D eigenvalue weighted by Gasteiger charge is -2.07. The lowest BCUT2D eigenvalue weighted by molar-refractivity contribution is 0.194. The summed E-state index contributed by atoms with van der Waals surface area (Å²) in [4.78, 5) is 10.2. The second-order valence-corrected chi connectivity index (χ2v) is 3.15. The maximum Gasteiger partial charge on any atom is 0.404 e. The van der Waals surface area contributed by atoms with Crippen LogP contribution in [0, 0.1) is 0 Å². The zero-order valence-corrected chi connectivity index (χ0v) is 8.69. The first-order chi connectivity index (χ1) is 7.24. The van der Waals surface area contributed by atoms with Crippen molar-refractivity contribution < 1.29 is 14.6 Å². The summed E-state index contributed by atoms with van der Waals surface area (Å²) in [5, 5.41) is 10.7. The number of rotatable bonds is 5. The maximum absolute atomic E-state index is 10.2. The number of hydrogen-bond donors (Lipinski definition) is 2. The molecule has 0 atom stereocenters. The molecule has 2 N–H and O–H groups in total. The first-order valence-corrected chi connectivity index (χ1v) is 4.82. The van der Waals surface area contributed by atoms with Gasteiger partial charge in [0.15, 0.2) is 0 Å². The molecule has 0 aliphatic carbocycles. The Bertz CT molecular complexity index is 325. The minimum atomic E-state index is -0.977. The van der Waals surface area contributed by atoms with Crippen molar-refractivity contribution in [2.45, 2.75) is 12.8 Å². The van der Waals surface area contributed by atoms with Gasteiger partial charge in [-0.05, 0) is 24.5 Å². The number of benzene rings is 1. The smallest absolute Gasteiger partial charge is 0.404 e. The molecule has 0 saturated heterocycles. The number of aryl methyl sites for hydroxylation is 1. The third-order valence-electron chi connectivity index (χ3n) is 2.09. The number of carboxylic acid groups (broad SMARTS) is 1. The summed E-state index contributed by atoms with van der Waals surface area (Å²) in [5.74, 6) is 0.854. The molecule has 0 saturated carbocycles. The number of methoxy groups -OCH3 is 1. The molecule has 0 radical (unpaired) electrons. The summed E-state index contributed by atoms with van der Waals surface area (Å²) < 4.78 is 5.19. The Hall–Kier alpha value is -1.71. The minimum absolute atomic E-state index is 0.466. The van der Waals surface area contributed by atoms with Crippen molar-refractivity contribution in [2.75, 3.05) is 13.7 Å². The third-order valence-corrected chi connectivity index (χ3v) is 2.09. The number of carbonyl (C=O) groups is 1. The number of hydrogen-bond acceptors (Lipinski definition) is 2. The Labute approximate surface area is 88.9 Å². The van der Waals surface area contributed by atoms with Crippen molar-refractivity contribution >= 4 is 6.09 Å². The zero-order valence-electron chi connectivity index (χ0n) is 8.69. The van der Waals surface area contributed by atoms with Crippen molar-refractivity contribution in [2.24, 2.45) is 0 Å². The molecular formula is C11H15NO3. The van der Waals surface area contributed by atoms with Crippen LogP contribution >= 0.6 is 0 Å². The number of nitrogens with one attached hydrogen (secondary N) is 1. The van der Waals surface area contributed by atoms with Crippen LogP contribution in [0.5, 0.6) is 5.75 Å². The van der Waals surface area contributed by atoms with E-state index in [1.807, 2.05) is 24.3 Å². The molecule has 0 heterocycles. The highest BCUT2D eigenvalue weighted by molar-refractivity contribution is 5.64. The van der Waals surface area contributed by atoms with Crippen molar-refractivity contribution in [3.05, 3.63) is 29.8 Å².